The lowest BCUT2D eigenvalue weighted by atomic mass is 9.80. The second-order valence-electron chi connectivity index (χ2n) is 13.6. The average molecular weight is 914 g/mol. The molecule has 15 heteroatoms. The summed E-state index contributed by atoms with van der Waals surface area (Å²) in [7, 11) is -5.40. The predicted octanol–water partition coefficient (Wildman–Crippen LogP) is 10.1. The van der Waals surface area contributed by atoms with Gasteiger partial charge in [-0.05, 0) is 90.2 Å². The van der Waals surface area contributed by atoms with Crippen molar-refractivity contribution in [1.82, 2.24) is 0 Å². The maximum atomic E-state index is 13.3. The lowest BCUT2D eigenvalue weighted by Gasteiger charge is -2.26. The van der Waals surface area contributed by atoms with Crippen LogP contribution in [-0.4, -0.2) is 37.6 Å². The Morgan fingerprint density at radius 2 is 1.02 bits per heavy atom. The molecule has 4 aromatic rings. The maximum Gasteiger partial charge on any atom is 0.294 e. The van der Waals surface area contributed by atoms with Gasteiger partial charge >= 0.3 is 0 Å². The van der Waals surface area contributed by atoms with Crippen molar-refractivity contribution in [3.05, 3.63) is 114 Å². The van der Waals surface area contributed by atoms with Crippen LogP contribution in [0.4, 0.5) is 5.69 Å². The van der Waals surface area contributed by atoms with E-state index < -0.39 is 31.1 Å². The Hall–Kier alpha value is -2.50. The zero-order chi connectivity index (χ0) is 38.5. The van der Waals surface area contributed by atoms with E-state index in [2.05, 4.69) is 37.2 Å². The molecular weight excluding hydrogens is 874 g/mol. The van der Waals surface area contributed by atoms with Gasteiger partial charge < -0.3 is 5.32 Å². The van der Waals surface area contributed by atoms with E-state index >= 15 is 0 Å². The Kier molecular flexibility index (Phi) is 14.1. The highest BCUT2D eigenvalue weighted by Crippen LogP contribution is 2.40. The Balaban J connectivity index is 1.25. The van der Waals surface area contributed by atoms with Gasteiger partial charge in [0, 0.05) is 42.4 Å². The maximum absolute atomic E-state index is 13.3. The average Bonchev–Trinajstić information content (AvgIpc) is 3.07. The summed E-state index contributed by atoms with van der Waals surface area (Å²) in [5, 5.41) is 2.98. The third-order valence-corrected chi connectivity index (χ3v) is 14.3. The molecule has 0 aromatic heterocycles. The summed E-state index contributed by atoms with van der Waals surface area (Å²) in [4.78, 5) is 27.7. The van der Waals surface area contributed by atoms with Gasteiger partial charge in [0.2, 0.25) is 5.91 Å². The van der Waals surface area contributed by atoms with Crippen molar-refractivity contribution in [1.29, 1.82) is 0 Å². The molecule has 2 atom stereocenters. The Labute approximate surface area is 330 Å². The fourth-order valence-electron chi connectivity index (χ4n) is 5.11. The van der Waals surface area contributed by atoms with Crippen LogP contribution in [0.3, 0.4) is 0 Å². The van der Waals surface area contributed by atoms with Crippen LogP contribution in [0.1, 0.15) is 66.9 Å². The van der Waals surface area contributed by atoms with Gasteiger partial charge in [0.15, 0.2) is 0 Å². The van der Waals surface area contributed by atoms with Gasteiger partial charge in [-0.15, -0.1) is 0 Å². The molecule has 3 N–H and O–H groups in total. The molecule has 0 heterocycles. The molecule has 4 rings (SSSR count). The third kappa shape index (κ3) is 12.0. The third-order valence-electron chi connectivity index (χ3n) is 8.46. The van der Waals surface area contributed by atoms with E-state index in [1.165, 1.54) is 24.3 Å². The molecule has 0 aliphatic rings. The molecule has 278 valence electrons. The summed E-state index contributed by atoms with van der Waals surface area (Å²) < 4.78 is 63.8. The highest BCUT2D eigenvalue weighted by Gasteiger charge is 2.32. The van der Waals surface area contributed by atoms with Crippen LogP contribution in [-0.2, 0) is 36.2 Å². The van der Waals surface area contributed by atoms with Crippen LogP contribution < -0.4 is 5.32 Å². The van der Waals surface area contributed by atoms with Crippen LogP contribution >= 0.6 is 53.4 Å². The van der Waals surface area contributed by atoms with Crippen molar-refractivity contribution in [2.45, 2.75) is 76.2 Å². The van der Waals surface area contributed by atoms with E-state index in [-0.39, 0.29) is 37.6 Å². The molecule has 0 saturated heterocycles. The number of hydrogen-bond donors (Lipinski definition) is 3. The minimum atomic E-state index is -4.28. The van der Waals surface area contributed by atoms with Crippen LogP contribution in [0.15, 0.2) is 117 Å². The Morgan fingerprint density at radius 3 is 1.42 bits per heavy atom. The zero-order valence-corrected chi connectivity index (χ0v) is 35.2. The number of amides is 1. The molecule has 0 spiro atoms. The van der Waals surface area contributed by atoms with E-state index in [1.807, 2.05) is 76.2 Å². The first-order chi connectivity index (χ1) is 24.1. The van der Waals surface area contributed by atoms with Gasteiger partial charge in [-0.25, -0.2) is 0 Å². The number of hydrogen-bond acceptors (Lipinski definition) is 8. The van der Waals surface area contributed by atoms with Crippen molar-refractivity contribution < 1.29 is 35.5 Å². The highest BCUT2D eigenvalue weighted by molar-refractivity contribution is 9.09. The Morgan fingerprint density at radius 1 is 0.635 bits per heavy atom. The molecule has 0 bridgehead atoms. The van der Waals surface area contributed by atoms with Crippen molar-refractivity contribution in [2.75, 3.05) is 5.32 Å². The number of halogens is 2. The molecule has 0 aliphatic carbocycles. The second kappa shape index (κ2) is 17.3. The number of ketones is 1. The van der Waals surface area contributed by atoms with Gasteiger partial charge in [0.25, 0.3) is 20.2 Å². The SMILES string of the molecule is CC(C)(CC(Br)c1ccc(S(=O)(=O)O)cc1)C(=O)Cc1ccc(SSc2ccc(NC(=O)C(C)(C)CC(Br)c3ccc(S(=O)(=O)O)cc3)cc2)cc1. The standard InChI is InChI=1S/C37H39Br2NO8S4/c1-36(2,22-32(38)25-7-17-30(18-8-25)51(43,44)45)34(41)21-24-5-13-28(14-6-24)49-50-29-15-11-27(12-16-29)40-35(42)37(3,4)23-33(39)26-9-19-31(20-10-26)52(46,47)48/h5-20,32-33H,21-23H2,1-4H3,(H,40,42)(H,43,44,45)(H,46,47,48). The van der Waals surface area contributed by atoms with Gasteiger partial charge in [-0.2, -0.15) is 16.8 Å². The topological polar surface area (TPSA) is 155 Å². The van der Waals surface area contributed by atoms with Crippen molar-refractivity contribution in [3.63, 3.8) is 0 Å². The summed E-state index contributed by atoms with van der Waals surface area (Å²) in [5.74, 6) is -0.0831. The minimum Gasteiger partial charge on any atom is -0.326 e. The number of benzene rings is 4. The molecule has 0 saturated carbocycles. The highest BCUT2D eigenvalue weighted by atomic mass is 79.9. The van der Waals surface area contributed by atoms with E-state index in [4.69, 9.17) is 0 Å². The number of rotatable bonds is 16. The van der Waals surface area contributed by atoms with Crippen molar-refractivity contribution in [3.8, 4) is 0 Å². The summed E-state index contributed by atoms with van der Waals surface area (Å²) in [5.41, 5.74) is 1.74. The minimum absolute atomic E-state index is 0.0805. The molecule has 52 heavy (non-hydrogen) atoms. The molecule has 0 fully saturated rings. The van der Waals surface area contributed by atoms with Gasteiger partial charge in [-0.1, -0.05) is 118 Å². The van der Waals surface area contributed by atoms with Crippen molar-refractivity contribution >= 4 is 91.1 Å². The number of alkyl halides is 2. The first-order valence-corrected chi connectivity index (χ1v) is 22.8. The first-order valence-electron chi connectivity index (χ1n) is 16.0. The molecule has 9 nitrogen and oxygen atoms in total. The number of anilines is 1. The molecule has 4 aromatic carbocycles. The van der Waals surface area contributed by atoms with Crippen LogP contribution in [0.25, 0.3) is 0 Å². The zero-order valence-electron chi connectivity index (χ0n) is 28.7. The summed E-state index contributed by atoms with van der Waals surface area (Å²) >= 11 is 7.24. The quantitative estimate of drug-likeness (QED) is 0.0562. The molecule has 2 unspecified atom stereocenters. The van der Waals surface area contributed by atoms with Gasteiger partial charge in [0.1, 0.15) is 5.78 Å². The van der Waals surface area contributed by atoms with Gasteiger partial charge in [-0.3, -0.25) is 18.7 Å². The second-order valence-corrected chi connectivity index (χ2v) is 20.9. The largest absolute Gasteiger partial charge is 0.326 e. The smallest absolute Gasteiger partial charge is 0.294 e. The van der Waals surface area contributed by atoms with Gasteiger partial charge in [0.05, 0.1) is 9.79 Å². The Bertz CT molecular complexity index is 1940. The summed E-state index contributed by atoms with van der Waals surface area (Å²) in [6, 6.07) is 27.2. The van der Waals surface area contributed by atoms with E-state index in [0.29, 0.717) is 18.5 Å². The summed E-state index contributed by atoms with van der Waals surface area (Å²) in [6.07, 6.45) is 1.21. The van der Waals surface area contributed by atoms with E-state index in [1.54, 1.807) is 45.9 Å². The number of carbonyl (C=O) groups is 2. The predicted molar refractivity (Wildman–Crippen MR) is 215 cm³/mol. The van der Waals surface area contributed by atoms with Crippen LogP contribution in [0.5, 0.6) is 0 Å². The lowest BCUT2D eigenvalue weighted by molar-refractivity contribution is -0.126. The molecule has 0 radical (unpaired) electrons. The number of nitrogens with one attached hydrogen (secondary N) is 1. The first kappa shape index (κ1) is 42.2. The molecule has 1 amide bonds. The summed E-state index contributed by atoms with van der Waals surface area (Å²) in [6.45, 7) is 7.47. The monoisotopic (exact) mass is 911 g/mol. The molecular formula is C37H39Br2NO8S4. The molecule has 0 aliphatic heterocycles. The van der Waals surface area contributed by atoms with Crippen molar-refractivity contribution in [2.24, 2.45) is 10.8 Å². The van der Waals surface area contributed by atoms with E-state index in [9.17, 15) is 35.5 Å². The number of carbonyl (C=O) groups excluding carboxylic acids is 2. The fourth-order valence-corrected chi connectivity index (χ4v) is 10.2. The normalized spacial score (nSPS) is 13.7. The van der Waals surface area contributed by atoms with Crippen LogP contribution in [0, 0.1) is 10.8 Å². The van der Waals surface area contributed by atoms with Crippen LogP contribution in [0.2, 0.25) is 0 Å². The fraction of sp³-hybridized carbons (Fsp3) is 0.297. The number of Topliss-reactive ketones (excluding diaryl/α,β-unsaturated/α-hetero) is 1. The van der Waals surface area contributed by atoms with E-state index in [0.717, 1.165) is 26.5 Å². The lowest BCUT2D eigenvalue weighted by Crippen LogP contribution is -2.31.